The van der Waals surface area contributed by atoms with Crippen molar-refractivity contribution in [3.05, 3.63) is 78.1 Å². The molecular weight excluding hydrogens is 352 g/mol. The number of para-hydroxylation sites is 1. The van der Waals surface area contributed by atoms with Crippen LogP contribution < -0.4 is 10.3 Å². The molecule has 0 unspecified atom stereocenters. The van der Waals surface area contributed by atoms with Gasteiger partial charge in [-0.25, -0.2) is 5.43 Å². The van der Waals surface area contributed by atoms with E-state index in [1.807, 2.05) is 53.4 Å². The van der Waals surface area contributed by atoms with E-state index in [9.17, 15) is 9.90 Å². The lowest BCUT2D eigenvalue weighted by Gasteiger charge is -2.21. The second kappa shape index (κ2) is 8.90. The lowest BCUT2D eigenvalue weighted by atomic mass is 10.1. The number of hydrogen-bond donors (Lipinski definition) is 2. The summed E-state index contributed by atoms with van der Waals surface area (Å²) in [6.45, 7) is 5.86. The van der Waals surface area contributed by atoms with Gasteiger partial charge in [0, 0.05) is 42.8 Å². The summed E-state index contributed by atoms with van der Waals surface area (Å²) < 4.78 is 1.87. The van der Waals surface area contributed by atoms with Gasteiger partial charge < -0.3 is 14.6 Å². The summed E-state index contributed by atoms with van der Waals surface area (Å²) in [7, 11) is 0. The van der Waals surface area contributed by atoms with Crippen LogP contribution in [0.3, 0.4) is 0 Å². The molecule has 1 heterocycles. The Hall–Kier alpha value is -3.54. The third-order valence-electron chi connectivity index (χ3n) is 4.54. The average Bonchev–Trinajstić information content (AvgIpc) is 3.25. The van der Waals surface area contributed by atoms with E-state index in [2.05, 4.69) is 29.3 Å². The summed E-state index contributed by atoms with van der Waals surface area (Å²) in [5, 5.41) is 14.3. The van der Waals surface area contributed by atoms with Crippen LogP contribution in [-0.2, 0) is 0 Å². The summed E-state index contributed by atoms with van der Waals surface area (Å²) in [4.78, 5) is 14.7. The summed E-state index contributed by atoms with van der Waals surface area (Å²) >= 11 is 0. The molecule has 0 spiro atoms. The van der Waals surface area contributed by atoms with Crippen molar-refractivity contribution in [2.24, 2.45) is 5.10 Å². The lowest BCUT2D eigenvalue weighted by Crippen LogP contribution is -2.21. The van der Waals surface area contributed by atoms with Gasteiger partial charge in [-0.15, -0.1) is 0 Å². The minimum absolute atomic E-state index is 0.121. The predicted molar refractivity (Wildman–Crippen MR) is 112 cm³/mol. The number of hydrazone groups is 1. The number of benzene rings is 2. The maximum absolute atomic E-state index is 12.5. The number of aromatic nitrogens is 1. The molecule has 3 rings (SSSR count). The van der Waals surface area contributed by atoms with E-state index in [-0.39, 0.29) is 11.7 Å². The smallest absolute Gasteiger partial charge is 0.273 e. The topological polar surface area (TPSA) is 69.9 Å². The first-order chi connectivity index (χ1) is 13.6. The van der Waals surface area contributed by atoms with Crippen molar-refractivity contribution in [2.75, 3.05) is 18.0 Å². The van der Waals surface area contributed by atoms with Crippen LogP contribution in [0.2, 0.25) is 0 Å². The fraction of sp³-hybridized carbons (Fsp3) is 0.182. The molecule has 28 heavy (non-hydrogen) atoms. The molecule has 0 bridgehead atoms. The van der Waals surface area contributed by atoms with Crippen LogP contribution in [0.15, 0.2) is 72.1 Å². The van der Waals surface area contributed by atoms with E-state index in [4.69, 9.17) is 0 Å². The first-order valence-electron chi connectivity index (χ1n) is 9.27. The highest BCUT2D eigenvalue weighted by molar-refractivity contribution is 5.98. The molecule has 3 aromatic rings. The molecule has 6 nitrogen and oxygen atoms in total. The fourth-order valence-electron chi connectivity index (χ4n) is 3.03. The Morgan fingerprint density at radius 3 is 2.50 bits per heavy atom. The van der Waals surface area contributed by atoms with Crippen molar-refractivity contribution in [2.45, 2.75) is 13.8 Å². The van der Waals surface area contributed by atoms with Crippen molar-refractivity contribution in [3.8, 4) is 11.4 Å². The van der Waals surface area contributed by atoms with Gasteiger partial charge in [0.2, 0.25) is 0 Å². The monoisotopic (exact) mass is 376 g/mol. The Morgan fingerprint density at radius 2 is 1.82 bits per heavy atom. The highest BCUT2D eigenvalue weighted by Gasteiger charge is 2.11. The highest BCUT2D eigenvalue weighted by atomic mass is 16.3. The molecular formula is C22H24N4O2. The average molecular weight is 376 g/mol. The number of anilines is 1. The van der Waals surface area contributed by atoms with Crippen LogP contribution in [0.1, 0.15) is 29.8 Å². The number of amides is 1. The molecule has 0 aliphatic heterocycles. The van der Waals surface area contributed by atoms with Crippen molar-refractivity contribution in [1.29, 1.82) is 0 Å². The molecule has 0 saturated carbocycles. The Kier molecular flexibility index (Phi) is 6.11. The van der Waals surface area contributed by atoms with E-state index in [0.29, 0.717) is 11.1 Å². The molecule has 0 saturated heterocycles. The van der Waals surface area contributed by atoms with Crippen LogP contribution in [0, 0.1) is 0 Å². The molecule has 2 aromatic carbocycles. The Labute approximate surface area is 164 Å². The third-order valence-corrected chi connectivity index (χ3v) is 4.54. The number of carbonyl (C=O) groups is 1. The van der Waals surface area contributed by atoms with Crippen LogP contribution in [0.5, 0.6) is 5.75 Å². The molecule has 0 aliphatic carbocycles. The van der Waals surface area contributed by atoms with Gasteiger partial charge in [-0.05, 0) is 50.2 Å². The number of carbonyl (C=O) groups excluding carboxylic acids is 1. The molecule has 6 heteroatoms. The maximum Gasteiger partial charge on any atom is 0.273 e. The molecule has 1 aromatic heterocycles. The van der Waals surface area contributed by atoms with Crippen LogP contribution in [-0.4, -0.2) is 34.9 Å². The largest absolute Gasteiger partial charge is 0.507 e. The predicted octanol–water partition coefficient (Wildman–Crippen LogP) is 3.79. The summed E-state index contributed by atoms with van der Waals surface area (Å²) in [5.74, 6) is -0.199. The van der Waals surface area contributed by atoms with E-state index < -0.39 is 0 Å². The van der Waals surface area contributed by atoms with Gasteiger partial charge in [-0.3, -0.25) is 4.79 Å². The van der Waals surface area contributed by atoms with Gasteiger partial charge in [0.1, 0.15) is 5.75 Å². The third kappa shape index (κ3) is 4.23. The summed E-state index contributed by atoms with van der Waals surface area (Å²) in [6.07, 6.45) is 5.20. The minimum Gasteiger partial charge on any atom is -0.507 e. The Morgan fingerprint density at radius 1 is 1.11 bits per heavy atom. The van der Waals surface area contributed by atoms with Gasteiger partial charge >= 0.3 is 0 Å². The number of nitrogens with zero attached hydrogens (tertiary/aromatic N) is 3. The second-order valence-electron chi connectivity index (χ2n) is 6.22. The molecule has 2 N–H and O–H groups in total. The number of aromatic hydroxyl groups is 1. The number of phenols is 1. The summed E-state index contributed by atoms with van der Waals surface area (Å²) in [6, 6.07) is 16.5. The quantitative estimate of drug-likeness (QED) is 0.487. The zero-order valence-corrected chi connectivity index (χ0v) is 16.0. The molecule has 144 valence electrons. The van der Waals surface area contributed by atoms with Gasteiger partial charge in [-0.1, -0.05) is 12.1 Å². The standard InChI is InChI=1S/C22H24N4O2/c1-3-25(4-2)18-12-11-17(21(27)15-18)16-23-24-22(28)19-9-5-6-10-20(19)26-13-7-8-14-26/h5-16,27H,3-4H2,1-2H3,(H,24,28). The van der Waals surface area contributed by atoms with Crippen molar-refractivity contribution in [3.63, 3.8) is 0 Å². The number of rotatable bonds is 7. The highest BCUT2D eigenvalue weighted by Crippen LogP contribution is 2.23. The van der Waals surface area contributed by atoms with Gasteiger partial charge in [0.05, 0.1) is 17.5 Å². The summed E-state index contributed by atoms with van der Waals surface area (Å²) in [5.41, 5.74) is 5.30. The van der Waals surface area contributed by atoms with Crippen molar-refractivity contribution >= 4 is 17.8 Å². The molecule has 1 amide bonds. The van der Waals surface area contributed by atoms with Gasteiger partial charge in [-0.2, -0.15) is 5.10 Å². The van der Waals surface area contributed by atoms with E-state index >= 15 is 0 Å². The van der Waals surface area contributed by atoms with E-state index in [0.717, 1.165) is 24.5 Å². The molecule has 0 fully saturated rings. The molecule has 0 atom stereocenters. The van der Waals surface area contributed by atoms with Crippen molar-refractivity contribution < 1.29 is 9.90 Å². The van der Waals surface area contributed by atoms with E-state index in [1.165, 1.54) is 6.21 Å². The number of phenolic OH excluding ortho intramolecular Hbond substituents is 1. The number of nitrogens with one attached hydrogen (secondary N) is 1. The lowest BCUT2D eigenvalue weighted by molar-refractivity contribution is 0.0955. The maximum atomic E-state index is 12.5. The first-order valence-corrected chi connectivity index (χ1v) is 9.27. The second-order valence-corrected chi connectivity index (χ2v) is 6.22. The Bertz CT molecular complexity index is 960. The van der Waals surface area contributed by atoms with Crippen LogP contribution in [0.25, 0.3) is 5.69 Å². The van der Waals surface area contributed by atoms with E-state index in [1.54, 1.807) is 18.2 Å². The SMILES string of the molecule is CCN(CC)c1ccc(C=NNC(=O)c2ccccc2-n2cccc2)c(O)c1. The van der Waals surface area contributed by atoms with Gasteiger partial charge in [0.15, 0.2) is 0 Å². The fourth-order valence-corrected chi connectivity index (χ4v) is 3.03. The first kappa shape index (κ1) is 19.2. The minimum atomic E-state index is -0.320. The Balaban J connectivity index is 1.73. The number of hydrogen-bond acceptors (Lipinski definition) is 4. The zero-order chi connectivity index (χ0) is 19.9. The normalized spacial score (nSPS) is 10.9. The van der Waals surface area contributed by atoms with Crippen LogP contribution >= 0.6 is 0 Å². The van der Waals surface area contributed by atoms with Gasteiger partial charge in [0.25, 0.3) is 5.91 Å². The molecule has 0 radical (unpaired) electrons. The van der Waals surface area contributed by atoms with Crippen LogP contribution in [0.4, 0.5) is 5.69 Å². The van der Waals surface area contributed by atoms with Crippen molar-refractivity contribution in [1.82, 2.24) is 9.99 Å². The molecule has 0 aliphatic rings. The zero-order valence-electron chi connectivity index (χ0n) is 16.0.